The summed E-state index contributed by atoms with van der Waals surface area (Å²) >= 11 is 0. The van der Waals surface area contributed by atoms with E-state index in [0.717, 1.165) is 23.1 Å². The number of pyridine rings is 1. The van der Waals surface area contributed by atoms with E-state index in [4.69, 9.17) is 14.0 Å². The summed E-state index contributed by atoms with van der Waals surface area (Å²) in [5.74, 6) is 1.04. The summed E-state index contributed by atoms with van der Waals surface area (Å²) in [5.41, 5.74) is 3.60. The molecule has 1 saturated carbocycles. The van der Waals surface area contributed by atoms with Crippen molar-refractivity contribution in [1.29, 1.82) is 0 Å². The molecule has 3 heterocycles. The summed E-state index contributed by atoms with van der Waals surface area (Å²) in [4.78, 5) is 19.9. The van der Waals surface area contributed by atoms with Gasteiger partial charge in [-0.1, -0.05) is 19.1 Å². The highest BCUT2D eigenvalue weighted by Gasteiger charge is 2.52. The van der Waals surface area contributed by atoms with Crippen LogP contribution in [0.5, 0.6) is 5.75 Å². The molecule has 168 valence electrons. The van der Waals surface area contributed by atoms with Crippen LogP contribution in [0.2, 0.25) is 0 Å². The Kier molecular flexibility index (Phi) is 5.10. The Bertz CT molecular complexity index is 1050. The van der Waals surface area contributed by atoms with Crippen LogP contribution >= 0.6 is 0 Å². The number of carbonyl (C=O) groups is 1. The zero-order valence-electron chi connectivity index (χ0n) is 19.6. The highest BCUT2D eigenvalue weighted by atomic mass is 16.7. The van der Waals surface area contributed by atoms with Crippen molar-refractivity contribution in [2.45, 2.75) is 71.0 Å². The topological polar surface area (TPSA) is 60.9 Å². The van der Waals surface area contributed by atoms with Gasteiger partial charge in [0.2, 0.25) is 0 Å². The van der Waals surface area contributed by atoms with E-state index in [1.54, 1.807) is 4.90 Å². The molecule has 1 aromatic carbocycles. The molecule has 2 aliphatic heterocycles. The van der Waals surface area contributed by atoms with Crippen LogP contribution in [0.25, 0.3) is 0 Å². The molecule has 5 rings (SSSR count). The molecule has 2 aromatic rings. The molecule has 0 radical (unpaired) electrons. The second-order valence-electron chi connectivity index (χ2n) is 9.98. The fourth-order valence-corrected chi connectivity index (χ4v) is 4.50. The number of nitrogens with zero attached hydrogens (tertiary/aromatic N) is 2. The highest BCUT2D eigenvalue weighted by Crippen LogP contribution is 2.42. The molecule has 0 atom stereocenters. The minimum atomic E-state index is -0.472. The van der Waals surface area contributed by atoms with Crippen LogP contribution in [-0.2, 0) is 15.7 Å². The minimum Gasteiger partial charge on any atom is -0.489 e. The zero-order chi connectivity index (χ0) is 22.7. The number of ether oxygens (including phenoxy) is 1. The normalized spacial score (nSPS) is 21.8. The molecule has 1 aliphatic carbocycles. The van der Waals surface area contributed by atoms with Gasteiger partial charge in [-0.25, -0.2) is 4.98 Å². The Morgan fingerprint density at radius 3 is 2.53 bits per heavy atom. The molecule has 6 nitrogen and oxygen atoms in total. The SMILES string of the molecule is CCc1c(B2OC(C)(C)C(C)(C)O2)cccc1N1CCOc2cc(C3CC3)cnc2C1=O. The van der Waals surface area contributed by atoms with E-state index in [9.17, 15) is 4.79 Å². The summed E-state index contributed by atoms with van der Waals surface area (Å²) in [5, 5.41) is 0. The Balaban J connectivity index is 1.51. The van der Waals surface area contributed by atoms with E-state index in [0.29, 0.717) is 30.5 Å². The molecule has 0 spiro atoms. The van der Waals surface area contributed by atoms with Crippen molar-refractivity contribution in [3.63, 3.8) is 0 Å². The molecule has 0 N–H and O–H groups in total. The third-order valence-corrected chi connectivity index (χ3v) is 7.28. The summed E-state index contributed by atoms with van der Waals surface area (Å²) in [6, 6.07) is 8.01. The van der Waals surface area contributed by atoms with Crippen molar-refractivity contribution in [3.05, 3.63) is 47.3 Å². The standard InChI is InChI=1S/C25H31BN2O4/c1-6-18-19(26-31-24(2,3)25(4,5)32-26)8-7-9-20(18)28-12-13-30-21-14-17(16-10-11-16)15-27-22(21)23(28)29/h7-9,14-16H,6,10-13H2,1-5H3. The van der Waals surface area contributed by atoms with E-state index >= 15 is 0 Å². The molecular weight excluding hydrogens is 403 g/mol. The lowest BCUT2D eigenvalue weighted by Crippen LogP contribution is -2.41. The van der Waals surface area contributed by atoms with E-state index in [1.807, 2.05) is 30.5 Å². The third-order valence-electron chi connectivity index (χ3n) is 7.28. The van der Waals surface area contributed by atoms with Gasteiger partial charge in [-0.05, 0) is 81.6 Å². The molecular formula is C25H31BN2O4. The Hall–Kier alpha value is -2.38. The molecule has 3 aliphatic rings. The summed E-state index contributed by atoms with van der Waals surface area (Å²) < 4.78 is 18.6. The van der Waals surface area contributed by atoms with Gasteiger partial charge in [0.15, 0.2) is 11.4 Å². The lowest BCUT2D eigenvalue weighted by Gasteiger charge is -2.32. The smallest absolute Gasteiger partial charge is 0.489 e. The molecule has 32 heavy (non-hydrogen) atoms. The molecule has 1 saturated heterocycles. The number of fused-ring (bicyclic) bond motifs is 1. The van der Waals surface area contributed by atoms with Crippen LogP contribution in [0, 0.1) is 0 Å². The van der Waals surface area contributed by atoms with Crippen molar-refractivity contribution < 1.29 is 18.8 Å². The van der Waals surface area contributed by atoms with Gasteiger partial charge in [0.1, 0.15) is 6.61 Å². The summed E-state index contributed by atoms with van der Waals surface area (Å²) in [6.07, 6.45) is 4.96. The largest absolute Gasteiger partial charge is 0.495 e. The van der Waals surface area contributed by atoms with Crippen LogP contribution in [-0.4, -0.2) is 42.4 Å². The van der Waals surface area contributed by atoms with E-state index in [1.165, 1.54) is 18.4 Å². The number of anilines is 1. The molecule has 0 unspecified atom stereocenters. The highest BCUT2D eigenvalue weighted by molar-refractivity contribution is 6.62. The second kappa shape index (κ2) is 7.60. The second-order valence-corrected chi connectivity index (χ2v) is 9.98. The third kappa shape index (κ3) is 3.52. The van der Waals surface area contributed by atoms with Crippen LogP contribution in [0.4, 0.5) is 5.69 Å². The Morgan fingerprint density at radius 1 is 1.16 bits per heavy atom. The lowest BCUT2D eigenvalue weighted by atomic mass is 9.74. The molecule has 1 amide bonds. The number of aromatic nitrogens is 1. The maximum absolute atomic E-state index is 13.6. The van der Waals surface area contributed by atoms with Crippen molar-refractivity contribution in [1.82, 2.24) is 4.98 Å². The fourth-order valence-electron chi connectivity index (χ4n) is 4.50. The van der Waals surface area contributed by atoms with Gasteiger partial charge in [-0.15, -0.1) is 0 Å². The predicted molar refractivity (Wildman–Crippen MR) is 125 cm³/mol. The first-order valence-corrected chi connectivity index (χ1v) is 11.6. The van der Waals surface area contributed by atoms with Gasteiger partial charge in [0.05, 0.1) is 17.7 Å². The predicted octanol–water partition coefficient (Wildman–Crippen LogP) is 3.86. The van der Waals surface area contributed by atoms with Gasteiger partial charge < -0.3 is 18.9 Å². The van der Waals surface area contributed by atoms with E-state index in [2.05, 4.69) is 39.6 Å². The average Bonchev–Trinajstić information content (AvgIpc) is 3.58. The van der Waals surface area contributed by atoms with Crippen LogP contribution < -0.4 is 15.1 Å². The summed E-state index contributed by atoms with van der Waals surface area (Å²) in [7, 11) is -0.472. The van der Waals surface area contributed by atoms with Crippen LogP contribution in [0.3, 0.4) is 0 Å². The van der Waals surface area contributed by atoms with Gasteiger partial charge in [0, 0.05) is 11.9 Å². The maximum Gasteiger partial charge on any atom is 0.495 e. The monoisotopic (exact) mass is 434 g/mol. The van der Waals surface area contributed by atoms with Gasteiger partial charge in [-0.3, -0.25) is 4.79 Å². The Labute approximate surface area is 190 Å². The van der Waals surface area contributed by atoms with E-state index in [-0.39, 0.29) is 5.91 Å². The molecule has 7 heteroatoms. The van der Waals surface area contributed by atoms with Crippen LogP contribution in [0.15, 0.2) is 30.5 Å². The lowest BCUT2D eigenvalue weighted by molar-refractivity contribution is 0.00578. The van der Waals surface area contributed by atoms with Crippen molar-refractivity contribution in [2.75, 3.05) is 18.1 Å². The first-order chi connectivity index (χ1) is 15.2. The average molecular weight is 434 g/mol. The van der Waals surface area contributed by atoms with Crippen LogP contribution in [0.1, 0.15) is 75.0 Å². The first kappa shape index (κ1) is 21.5. The van der Waals surface area contributed by atoms with Gasteiger partial charge in [0.25, 0.3) is 5.91 Å². The van der Waals surface area contributed by atoms with Gasteiger partial charge in [-0.2, -0.15) is 0 Å². The maximum atomic E-state index is 13.6. The zero-order valence-corrected chi connectivity index (χ0v) is 19.6. The number of rotatable bonds is 4. The van der Waals surface area contributed by atoms with Crippen molar-refractivity contribution >= 4 is 24.2 Å². The van der Waals surface area contributed by atoms with Crippen molar-refractivity contribution in [2.24, 2.45) is 0 Å². The number of hydrogen-bond donors (Lipinski definition) is 0. The molecule has 0 bridgehead atoms. The quantitative estimate of drug-likeness (QED) is 0.684. The number of benzene rings is 1. The first-order valence-electron chi connectivity index (χ1n) is 11.6. The number of amides is 1. The molecule has 2 fully saturated rings. The minimum absolute atomic E-state index is 0.124. The van der Waals surface area contributed by atoms with E-state index < -0.39 is 18.3 Å². The fraction of sp³-hybridized carbons (Fsp3) is 0.520. The molecule has 1 aromatic heterocycles. The van der Waals surface area contributed by atoms with Gasteiger partial charge >= 0.3 is 7.12 Å². The summed E-state index contributed by atoms with van der Waals surface area (Å²) in [6.45, 7) is 11.2. The Morgan fingerprint density at radius 2 is 1.88 bits per heavy atom. The number of hydrogen-bond acceptors (Lipinski definition) is 5. The van der Waals surface area contributed by atoms with Crippen molar-refractivity contribution in [3.8, 4) is 5.75 Å². The number of carbonyl (C=O) groups excluding carboxylic acids is 1.